The van der Waals surface area contributed by atoms with Crippen LogP contribution in [-0.4, -0.2) is 5.91 Å². The molecule has 0 fully saturated rings. The lowest BCUT2D eigenvalue weighted by atomic mass is 10.0. The zero-order valence-electron chi connectivity index (χ0n) is 14.7. The molecule has 4 rings (SSSR count). The lowest BCUT2D eigenvalue weighted by Gasteiger charge is -2.12. The van der Waals surface area contributed by atoms with E-state index in [1.165, 1.54) is 0 Å². The molecule has 0 saturated carbocycles. The molecule has 1 aromatic heterocycles. The Hall–Kier alpha value is -3.66. The Morgan fingerprint density at radius 2 is 1.52 bits per heavy atom. The third-order valence-electron chi connectivity index (χ3n) is 4.53. The molecule has 27 heavy (non-hydrogen) atoms. The summed E-state index contributed by atoms with van der Waals surface area (Å²) in [4.78, 5) is 25.2. The van der Waals surface area contributed by atoms with E-state index in [0.717, 1.165) is 16.5 Å². The summed E-state index contributed by atoms with van der Waals surface area (Å²) >= 11 is 0. The molecule has 0 bridgehead atoms. The van der Waals surface area contributed by atoms with Crippen molar-refractivity contribution in [3.05, 3.63) is 100 Å². The van der Waals surface area contributed by atoms with E-state index in [-0.39, 0.29) is 5.91 Å². The number of rotatable bonds is 3. The van der Waals surface area contributed by atoms with E-state index >= 15 is 0 Å². The average molecular weight is 355 g/mol. The van der Waals surface area contributed by atoms with Crippen molar-refractivity contribution in [2.24, 2.45) is 0 Å². The summed E-state index contributed by atoms with van der Waals surface area (Å²) in [7, 11) is 0. The van der Waals surface area contributed by atoms with Gasteiger partial charge in [-0.15, -0.1) is 0 Å². The van der Waals surface area contributed by atoms with Crippen molar-refractivity contribution in [2.75, 3.05) is 5.32 Å². The number of hydrogen-bond acceptors (Lipinski definition) is 3. The highest BCUT2D eigenvalue weighted by atomic mass is 16.4. The second-order valence-electron chi connectivity index (χ2n) is 6.26. The number of anilines is 1. The van der Waals surface area contributed by atoms with Gasteiger partial charge in [0.1, 0.15) is 5.76 Å². The highest BCUT2D eigenvalue weighted by molar-refractivity contribution is 6.09. The fraction of sp³-hybridized carbons (Fsp3) is 0.0435. The average Bonchev–Trinajstić information content (AvgIpc) is 2.72. The van der Waals surface area contributed by atoms with Gasteiger partial charge in [-0.2, -0.15) is 0 Å². The summed E-state index contributed by atoms with van der Waals surface area (Å²) in [6.07, 6.45) is 0. The third kappa shape index (κ3) is 3.13. The van der Waals surface area contributed by atoms with Crippen LogP contribution in [0.3, 0.4) is 0 Å². The van der Waals surface area contributed by atoms with Gasteiger partial charge >= 0.3 is 5.63 Å². The van der Waals surface area contributed by atoms with Crippen LogP contribution in [0.25, 0.3) is 22.1 Å². The molecule has 0 unspecified atom stereocenters. The van der Waals surface area contributed by atoms with Gasteiger partial charge < -0.3 is 9.73 Å². The Bertz CT molecular complexity index is 1180. The van der Waals surface area contributed by atoms with Crippen LogP contribution in [0.4, 0.5) is 5.69 Å². The van der Waals surface area contributed by atoms with Crippen LogP contribution in [0.2, 0.25) is 0 Å². The van der Waals surface area contributed by atoms with Gasteiger partial charge in [-0.3, -0.25) is 4.79 Å². The standard InChI is InChI=1S/C23H17NO3/c1-15-18-13-8-14-19(24-22(25)17-11-6-3-7-12-17)20(18)23(26)27-21(15)16-9-4-2-5-10-16/h2-14H,1H3,(H,24,25). The molecule has 0 aliphatic rings. The molecule has 0 radical (unpaired) electrons. The molecule has 0 spiro atoms. The van der Waals surface area contributed by atoms with Crippen molar-refractivity contribution in [1.82, 2.24) is 0 Å². The van der Waals surface area contributed by atoms with E-state index in [9.17, 15) is 9.59 Å². The fourth-order valence-corrected chi connectivity index (χ4v) is 3.18. The Kier molecular flexibility index (Phi) is 4.30. The molecule has 0 aliphatic heterocycles. The van der Waals surface area contributed by atoms with Gasteiger partial charge in [0, 0.05) is 16.7 Å². The molecule has 3 aromatic carbocycles. The van der Waals surface area contributed by atoms with Crippen LogP contribution in [0.1, 0.15) is 15.9 Å². The minimum absolute atomic E-state index is 0.271. The maximum atomic E-state index is 12.7. The first-order chi connectivity index (χ1) is 13.1. The molecule has 0 aliphatic carbocycles. The van der Waals surface area contributed by atoms with E-state index in [1.54, 1.807) is 30.3 Å². The monoisotopic (exact) mass is 355 g/mol. The van der Waals surface area contributed by atoms with Crippen LogP contribution in [0.15, 0.2) is 88.1 Å². The molecular formula is C23H17NO3. The second kappa shape index (κ2) is 6.92. The molecule has 1 N–H and O–H groups in total. The Balaban J connectivity index is 1.84. The summed E-state index contributed by atoms with van der Waals surface area (Å²) in [6, 6.07) is 23.8. The van der Waals surface area contributed by atoms with Crippen LogP contribution in [0, 0.1) is 6.92 Å². The normalized spacial score (nSPS) is 10.7. The SMILES string of the molecule is Cc1c(-c2ccccc2)oc(=O)c2c(NC(=O)c3ccccc3)cccc12. The van der Waals surface area contributed by atoms with Crippen molar-refractivity contribution in [3.63, 3.8) is 0 Å². The molecule has 4 nitrogen and oxygen atoms in total. The van der Waals surface area contributed by atoms with Crippen molar-refractivity contribution in [1.29, 1.82) is 0 Å². The minimum atomic E-state index is -0.474. The quantitative estimate of drug-likeness (QED) is 0.561. The van der Waals surface area contributed by atoms with Crippen molar-refractivity contribution in [2.45, 2.75) is 6.92 Å². The Morgan fingerprint density at radius 1 is 0.852 bits per heavy atom. The molecule has 132 valence electrons. The molecule has 0 atom stereocenters. The van der Waals surface area contributed by atoms with E-state index in [0.29, 0.717) is 22.4 Å². The van der Waals surface area contributed by atoms with Crippen LogP contribution >= 0.6 is 0 Å². The number of benzene rings is 3. The first kappa shape index (κ1) is 16.8. The lowest BCUT2D eigenvalue weighted by Crippen LogP contribution is -2.14. The number of nitrogens with one attached hydrogen (secondary N) is 1. The van der Waals surface area contributed by atoms with Gasteiger partial charge in [0.2, 0.25) is 0 Å². The highest BCUT2D eigenvalue weighted by Crippen LogP contribution is 2.30. The van der Waals surface area contributed by atoms with Crippen molar-refractivity contribution in [3.8, 4) is 11.3 Å². The predicted molar refractivity (Wildman–Crippen MR) is 107 cm³/mol. The zero-order valence-corrected chi connectivity index (χ0v) is 14.7. The van der Waals surface area contributed by atoms with Crippen LogP contribution in [0.5, 0.6) is 0 Å². The van der Waals surface area contributed by atoms with E-state index < -0.39 is 5.63 Å². The Morgan fingerprint density at radius 3 is 2.22 bits per heavy atom. The molecule has 1 amide bonds. The highest BCUT2D eigenvalue weighted by Gasteiger charge is 2.16. The van der Waals surface area contributed by atoms with Gasteiger partial charge in [0.15, 0.2) is 0 Å². The number of aryl methyl sites for hydroxylation is 1. The molecular weight excluding hydrogens is 338 g/mol. The van der Waals surface area contributed by atoms with Crippen LogP contribution < -0.4 is 10.9 Å². The first-order valence-corrected chi connectivity index (χ1v) is 8.63. The van der Waals surface area contributed by atoms with Crippen molar-refractivity contribution >= 4 is 22.4 Å². The molecule has 4 aromatic rings. The van der Waals surface area contributed by atoms with E-state index in [1.807, 2.05) is 55.5 Å². The van der Waals surface area contributed by atoms with Crippen molar-refractivity contribution < 1.29 is 9.21 Å². The van der Waals surface area contributed by atoms with Gasteiger partial charge in [0.25, 0.3) is 5.91 Å². The minimum Gasteiger partial charge on any atom is -0.422 e. The second-order valence-corrected chi connectivity index (χ2v) is 6.26. The maximum absolute atomic E-state index is 12.7. The van der Waals surface area contributed by atoms with E-state index in [4.69, 9.17) is 4.42 Å². The maximum Gasteiger partial charge on any atom is 0.346 e. The van der Waals surface area contributed by atoms with Crippen LogP contribution in [-0.2, 0) is 0 Å². The summed E-state index contributed by atoms with van der Waals surface area (Å²) in [5, 5.41) is 3.96. The Labute approximate surface area is 156 Å². The number of carbonyl (C=O) groups excluding carboxylic acids is 1. The number of amides is 1. The first-order valence-electron chi connectivity index (χ1n) is 8.63. The van der Waals surface area contributed by atoms with E-state index in [2.05, 4.69) is 5.32 Å². The largest absolute Gasteiger partial charge is 0.422 e. The van der Waals surface area contributed by atoms with Gasteiger partial charge in [-0.25, -0.2) is 4.79 Å². The topological polar surface area (TPSA) is 59.3 Å². The fourth-order valence-electron chi connectivity index (χ4n) is 3.18. The number of carbonyl (C=O) groups is 1. The number of hydrogen-bond donors (Lipinski definition) is 1. The molecule has 4 heteroatoms. The predicted octanol–water partition coefficient (Wildman–Crippen LogP) is 5.02. The number of fused-ring (bicyclic) bond motifs is 1. The molecule has 1 heterocycles. The summed E-state index contributed by atoms with van der Waals surface area (Å²) in [5.41, 5.74) is 2.19. The smallest absolute Gasteiger partial charge is 0.346 e. The van der Waals surface area contributed by atoms with Gasteiger partial charge in [0.05, 0.1) is 11.1 Å². The van der Waals surface area contributed by atoms with Gasteiger partial charge in [-0.05, 0) is 30.5 Å². The third-order valence-corrected chi connectivity index (χ3v) is 4.53. The summed E-state index contributed by atoms with van der Waals surface area (Å²) in [6.45, 7) is 1.91. The lowest BCUT2D eigenvalue weighted by molar-refractivity contribution is 0.102. The summed E-state index contributed by atoms with van der Waals surface area (Å²) in [5.74, 6) is 0.270. The van der Waals surface area contributed by atoms with Gasteiger partial charge in [-0.1, -0.05) is 60.7 Å². The summed E-state index contributed by atoms with van der Waals surface area (Å²) < 4.78 is 5.63. The zero-order chi connectivity index (χ0) is 18.8. The molecule has 0 saturated heterocycles.